The number of hydrogen-bond acceptors (Lipinski definition) is 4. The first kappa shape index (κ1) is 13.9. The van der Waals surface area contributed by atoms with Crippen molar-refractivity contribution in [3.8, 4) is 5.88 Å². The number of ether oxygens (including phenoxy) is 1. The van der Waals surface area contributed by atoms with Crippen molar-refractivity contribution >= 4 is 22.6 Å². The van der Waals surface area contributed by atoms with Gasteiger partial charge in [0.2, 0.25) is 5.88 Å². The van der Waals surface area contributed by atoms with Crippen molar-refractivity contribution in [3.63, 3.8) is 0 Å². The molecule has 5 heteroatoms. The zero-order valence-corrected chi connectivity index (χ0v) is 12.4. The molecule has 2 aromatic heterocycles. The lowest BCUT2D eigenvalue weighted by molar-refractivity contribution is 0.397. The van der Waals surface area contributed by atoms with E-state index in [4.69, 9.17) is 20.8 Å². The van der Waals surface area contributed by atoms with Gasteiger partial charge in [-0.1, -0.05) is 24.3 Å². The fourth-order valence-electron chi connectivity index (χ4n) is 2.20. The van der Waals surface area contributed by atoms with E-state index in [9.17, 15) is 0 Å². The molecule has 3 aromatic rings. The SMILES string of the molecule is COc1ccc(CNCc2c(Cl)oc3ccccc23)cn1. The molecule has 108 valence electrons. The molecule has 0 unspecified atom stereocenters. The molecule has 0 aliphatic carbocycles. The second-order valence-corrected chi connectivity index (χ2v) is 5.01. The minimum absolute atomic E-state index is 0.441. The van der Waals surface area contributed by atoms with Crippen molar-refractivity contribution < 1.29 is 9.15 Å². The summed E-state index contributed by atoms with van der Waals surface area (Å²) in [6, 6.07) is 11.7. The summed E-state index contributed by atoms with van der Waals surface area (Å²) in [7, 11) is 1.60. The number of furan rings is 1. The molecule has 0 radical (unpaired) electrons. The van der Waals surface area contributed by atoms with Crippen molar-refractivity contribution in [1.29, 1.82) is 0 Å². The summed E-state index contributed by atoms with van der Waals surface area (Å²) in [5.74, 6) is 0.614. The van der Waals surface area contributed by atoms with Gasteiger partial charge in [0.15, 0.2) is 5.22 Å². The average molecular weight is 303 g/mol. The van der Waals surface area contributed by atoms with Gasteiger partial charge in [0.25, 0.3) is 0 Å². The van der Waals surface area contributed by atoms with Gasteiger partial charge in [-0.25, -0.2) is 4.98 Å². The van der Waals surface area contributed by atoms with Gasteiger partial charge in [0, 0.05) is 36.3 Å². The van der Waals surface area contributed by atoms with E-state index >= 15 is 0 Å². The predicted molar refractivity (Wildman–Crippen MR) is 82.6 cm³/mol. The third kappa shape index (κ3) is 3.01. The number of nitrogens with one attached hydrogen (secondary N) is 1. The first-order valence-electron chi connectivity index (χ1n) is 6.63. The highest BCUT2D eigenvalue weighted by Gasteiger charge is 2.11. The van der Waals surface area contributed by atoms with E-state index in [0.717, 1.165) is 22.1 Å². The quantitative estimate of drug-likeness (QED) is 0.779. The fraction of sp³-hybridized carbons (Fsp3) is 0.188. The Labute approximate surface area is 127 Å². The predicted octanol–water partition coefficient (Wildman–Crippen LogP) is 3.78. The molecule has 0 saturated heterocycles. The van der Waals surface area contributed by atoms with E-state index in [1.54, 1.807) is 13.3 Å². The zero-order valence-electron chi connectivity index (χ0n) is 11.6. The van der Waals surface area contributed by atoms with Gasteiger partial charge >= 0.3 is 0 Å². The van der Waals surface area contributed by atoms with Crippen molar-refractivity contribution in [2.24, 2.45) is 0 Å². The highest BCUT2D eigenvalue weighted by molar-refractivity contribution is 6.30. The molecule has 0 spiro atoms. The standard InChI is InChI=1S/C16H15ClN2O2/c1-20-15-7-6-11(9-19-15)8-18-10-13-12-4-2-3-5-14(12)21-16(13)17/h2-7,9,18H,8,10H2,1H3. The summed E-state index contributed by atoms with van der Waals surface area (Å²) < 4.78 is 10.6. The van der Waals surface area contributed by atoms with Crippen LogP contribution in [0, 0.1) is 0 Å². The maximum Gasteiger partial charge on any atom is 0.212 e. The first-order valence-corrected chi connectivity index (χ1v) is 7.01. The van der Waals surface area contributed by atoms with Crippen LogP contribution in [0.15, 0.2) is 47.0 Å². The molecule has 0 fully saturated rings. The molecule has 0 aliphatic rings. The highest BCUT2D eigenvalue weighted by atomic mass is 35.5. The topological polar surface area (TPSA) is 47.3 Å². The number of para-hydroxylation sites is 1. The van der Waals surface area contributed by atoms with Gasteiger partial charge in [0.1, 0.15) is 5.58 Å². The molecule has 0 aliphatic heterocycles. The van der Waals surface area contributed by atoms with E-state index in [1.807, 2.05) is 36.4 Å². The fourth-order valence-corrected chi connectivity index (χ4v) is 2.45. The second-order valence-electron chi connectivity index (χ2n) is 4.66. The number of rotatable bonds is 5. The van der Waals surface area contributed by atoms with E-state index in [1.165, 1.54) is 0 Å². The van der Waals surface area contributed by atoms with Crippen LogP contribution in [0.2, 0.25) is 5.22 Å². The van der Waals surface area contributed by atoms with Gasteiger partial charge in [-0.2, -0.15) is 0 Å². The lowest BCUT2D eigenvalue weighted by Gasteiger charge is -2.05. The average Bonchev–Trinajstić information content (AvgIpc) is 2.84. The van der Waals surface area contributed by atoms with Gasteiger partial charge in [-0.05, 0) is 23.2 Å². The van der Waals surface area contributed by atoms with Crippen molar-refractivity contribution in [1.82, 2.24) is 10.3 Å². The maximum atomic E-state index is 6.15. The molecule has 0 saturated carbocycles. The lowest BCUT2D eigenvalue weighted by Crippen LogP contribution is -2.12. The monoisotopic (exact) mass is 302 g/mol. The van der Waals surface area contributed by atoms with Crippen LogP contribution in [0.4, 0.5) is 0 Å². The highest BCUT2D eigenvalue weighted by Crippen LogP contribution is 2.29. The number of hydrogen-bond donors (Lipinski definition) is 1. The Morgan fingerprint density at radius 2 is 2.05 bits per heavy atom. The van der Waals surface area contributed by atoms with Crippen LogP contribution in [-0.4, -0.2) is 12.1 Å². The largest absolute Gasteiger partial charge is 0.481 e. The zero-order chi connectivity index (χ0) is 14.7. The molecular weight excluding hydrogens is 288 g/mol. The van der Waals surface area contributed by atoms with Crippen LogP contribution < -0.4 is 10.1 Å². The normalized spacial score (nSPS) is 11.0. The van der Waals surface area contributed by atoms with Crippen molar-refractivity contribution in [2.45, 2.75) is 13.1 Å². The molecule has 2 heterocycles. The van der Waals surface area contributed by atoms with E-state index in [0.29, 0.717) is 24.2 Å². The van der Waals surface area contributed by atoms with E-state index in [2.05, 4.69) is 10.3 Å². The lowest BCUT2D eigenvalue weighted by atomic mass is 10.2. The Morgan fingerprint density at radius 1 is 1.19 bits per heavy atom. The third-order valence-corrected chi connectivity index (χ3v) is 3.59. The van der Waals surface area contributed by atoms with Crippen molar-refractivity contribution in [2.75, 3.05) is 7.11 Å². The van der Waals surface area contributed by atoms with Crippen LogP contribution in [0.25, 0.3) is 11.0 Å². The van der Waals surface area contributed by atoms with Crippen LogP contribution >= 0.6 is 11.6 Å². The van der Waals surface area contributed by atoms with E-state index in [-0.39, 0.29) is 0 Å². The Hall–Kier alpha value is -2.04. The minimum Gasteiger partial charge on any atom is -0.481 e. The van der Waals surface area contributed by atoms with Crippen LogP contribution in [0.3, 0.4) is 0 Å². The number of fused-ring (bicyclic) bond motifs is 1. The molecular formula is C16H15ClN2O2. The minimum atomic E-state index is 0.441. The first-order chi connectivity index (χ1) is 10.3. The number of benzene rings is 1. The molecule has 0 amide bonds. The number of methoxy groups -OCH3 is 1. The number of pyridine rings is 1. The van der Waals surface area contributed by atoms with Gasteiger partial charge in [-0.3, -0.25) is 0 Å². The van der Waals surface area contributed by atoms with Gasteiger partial charge in [-0.15, -0.1) is 0 Å². The molecule has 0 bridgehead atoms. The summed E-state index contributed by atoms with van der Waals surface area (Å²) in [5, 5.41) is 4.83. The Kier molecular flexibility index (Phi) is 4.08. The van der Waals surface area contributed by atoms with Crippen LogP contribution in [-0.2, 0) is 13.1 Å². The summed E-state index contributed by atoms with van der Waals surface area (Å²) in [5.41, 5.74) is 2.87. The second kappa shape index (κ2) is 6.16. The molecule has 4 nitrogen and oxygen atoms in total. The van der Waals surface area contributed by atoms with E-state index < -0.39 is 0 Å². The summed E-state index contributed by atoms with van der Waals surface area (Å²) in [6.45, 7) is 1.34. The van der Waals surface area contributed by atoms with Gasteiger partial charge < -0.3 is 14.5 Å². The summed E-state index contributed by atoms with van der Waals surface area (Å²) in [4.78, 5) is 4.17. The number of halogens is 1. The Morgan fingerprint density at radius 3 is 2.81 bits per heavy atom. The number of nitrogens with zero attached hydrogens (tertiary/aromatic N) is 1. The molecule has 1 N–H and O–H groups in total. The molecule has 3 rings (SSSR count). The third-order valence-electron chi connectivity index (χ3n) is 3.29. The number of aromatic nitrogens is 1. The Balaban J connectivity index is 1.67. The smallest absolute Gasteiger partial charge is 0.212 e. The summed E-state index contributed by atoms with van der Waals surface area (Å²) >= 11 is 6.15. The van der Waals surface area contributed by atoms with Gasteiger partial charge in [0.05, 0.1) is 7.11 Å². The van der Waals surface area contributed by atoms with Crippen LogP contribution in [0.5, 0.6) is 5.88 Å². The molecule has 1 aromatic carbocycles. The van der Waals surface area contributed by atoms with Crippen LogP contribution in [0.1, 0.15) is 11.1 Å². The van der Waals surface area contributed by atoms with Crippen molar-refractivity contribution in [3.05, 3.63) is 58.9 Å². The summed E-state index contributed by atoms with van der Waals surface area (Å²) in [6.07, 6.45) is 1.79. The molecule has 21 heavy (non-hydrogen) atoms. The Bertz CT molecular complexity index is 738. The molecule has 0 atom stereocenters. The maximum absolute atomic E-state index is 6.15.